The normalized spacial score (nSPS) is 26.1. The average Bonchev–Trinajstić information content (AvgIpc) is 3.12. The Balaban J connectivity index is 1.48. The van der Waals surface area contributed by atoms with Crippen molar-refractivity contribution < 1.29 is 4.74 Å². The molecule has 1 aliphatic heterocycles. The van der Waals surface area contributed by atoms with Gasteiger partial charge < -0.3 is 4.74 Å². The minimum Gasteiger partial charge on any atom is -0.353 e. The maximum absolute atomic E-state index is 6.29. The summed E-state index contributed by atoms with van der Waals surface area (Å²) in [4.78, 5) is 0. The maximum atomic E-state index is 6.29. The molecule has 0 spiro atoms. The fraction of sp³-hybridized carbons (Fsp3) is 0.200. The van der Waals surface area contributed by atoms with E-state index >= 15 is 0 Å². The SMILES string of the molecule is c1ccc2c(c1)C[C@@H]1O[C@@H](c3ccc4ccccc4c3)N[C@H]21. The Bertz CT molecular complexity index is 857. The van der Waals surface area contributed by atoms with E-state index in [1.807, 2.05) is 0 Å². The minimum atomic E-state index is -0.00652. The molecule has 0 saturated carbocycles. The number of hydrogen-bond acceptors (Lipinski definition) is 2. The number of nitrogens with one attached hydrogen (secondary N) is 1. The van der Waals surface area contributed by atoms with Gasteiger partial charge >= 0.3 is 0 Å². The Morgan fingerprint density at radius 1 is 0.864 bits per heavy atom. The van der Waals surface area contributed by atoms with E-state index in [4.69, 9.17) is 4.74 Å². The van der Waals surface area contributed by atoms with Crippen LogP contribution in [0.5, 0.6) is 0 Å². The van der Waals surface area contributed by atoms with Crippen LogP contribution in [0.25, 0.3) is 10.8 Å². The zero-order valence-corrected chi connectivity index (χ0v) is 12.2. The molecule has 1 fully saturated rings. The van der Waals surface area contributed by atoms with Crippen LogP contribution in [0, 0.1) is 0 Å². The van der Waals surface area contributed by atoms with E-state index in [-0.39, 0.29) is 12.3 Å². The second kappa shape index (κ2) is 4.67. The molecule has 1 saturated heterocycles. The van der Waals surface area contributed by atoms with Gasteiger partial charge in [0.25, 0.3) is 0 Å². The molecule has 108 valence electrons. The summed E-state index contributed by atoms with van der Waals surface area (Å²) >= 11 is 0. The van der Waals surface area contributed by atoms with Crippen molar-refractivity contribution in [2.45, 2.75) is 24.8 Å². The maximum Gasteiger partial charge on any atom is 0.135 e. The van der Waals surface area contributed by atoms with E-state index in [1.54, 1.807) is 0 Å². The molecule has 0 aromatic heterocycles. The van der Waals surface area contributed by atoms with Gasteiger partial charge in [-0.15, -0.1) is 0 Å². The van der Waals surface area contributed by atoms with E-state index in [2.05, 4.69) is 72.0 Å². The molecule has 0 radical (unpaired) electrons. The highest BCUT2D eigenvalue weighted by atomic mass is 16.5. The van der Waals surface area contributed by atoms with Crippen LogP contribution in [0.15, 0.2) is 66.7 Å². The first-order valence-corrected chi connectivity index (χ1v) is 7.86. The van der Waals surface area contributed by atoms with Crippen LogP contribution in [0.3, 0.4) is 0 Å². The van der Waals surface area contributed by atoms with Crippen LogP contribution in [0.1, 0.15) is 29.0 Å². The Kier molecular flexibility index (Phi) is 2.63. The lowest BCUT2D eigenvalue weighted by atomic mass is 10.1. The van der Waals surface area contributed by atoms with Crippen molar-refractivity contribution in [2.24, 2.45) is 0 Å². The zero-order chi connectivity index (χ0) is 14.5. The van der Waals surface area contributed by atoms with E-state index < -0.39 is 0 Å². The first-order valence-electron chi connectivity index (χ1n) is 7.86. The first-order chi connectivity index (χ1) is 10.9. The summed E-state index contributed by atoms with van der Waals surface area (Å²) in [7, 11) is 0. The van der Waals surface area contributed by atoms with Crippen LogP contribution in [0.4, 0.5) is 0 Å². The van der Waals surface area contributed by atoms with Crippen molar-refractivity contribution in [3.05, 3.63) is 83.4 Å². The molecule has 3 aromatic carbocycles. The number of fused-ring (bicyclic) bond motifs is 4. The standard InChI is InChI=1S/C20H17NO/c1-2-6-14-11-16(10-9-13(14)5-1)20-21-19-17-8-4-3-7-15(17)12-18(19)22-20/h1-11,18-21H,12H2/t18-,19+,20-/m0/s1. The molecule has 3 atom stereocenters. The molecular weight excluding hydrogens is 270 g/mol. The van der Waals surface area contributed by atoms with Gasteiger partial charge in [0, 0.05) is 6.42 Å². The Hall–Kier alpha value is -2.16. The fourth-order valence-electron chi connectivity index (χ4n) is 3.80. The minimum absolute atomic E-state index is 0.00652. The lowest BCUT2D eigenvalue weighted by Gasteiger charge is -2.14. The number of hydrogen-bond donors (Lipinski definition) is 1. The predicted molar refractivity (Wildman–Crippen MR) is 87.6 cm³/mol. The van der Waals surface area contributed by atoms with Crippen molar-refractivity contribution in [1.29, 1.82) is 0 Å². The van der Waals surface area contributed by atoms with Gasteiger partial charge in [0.1, 0.15) is 6.23 Å². The van der Waals surface area contributed by atoms with Gasteiger partial charge in [-0.3, -0.25) is 5.32 Å². The van der Waals surface area contributed by atoms with Gasteiger partial charge in [0.2, 0.25) is 0 Å². The molecule has 1 aliphatic carbocycles. The molecule has 2 heteroatoms. The first kappa shape index (κ1) is 12.4. The summed E-state index contributed by atoms with van der Waals surface area (Å²) < 4.78 is 6.29. The summed E-state index contributed by atoms with van der Waals surface area (Å²) in [5.41, 5.74) is 4.03. The third kappa shape index (κ3) is 1.81. The largest absolute Gasteiger partial charge is 0.353 e. The number of ether oxygens (including phenoxy) is 1. The van der Waals surface area contributed by atoms with E-state index in [0.717, 1.165) is 6.42 Å². The molecule has 2 aliphatic rings. The molecule has 5 rings (SSSR count). The van der Waals surface area contributed by atoms with Gasteiger partial charge in [-0.05, 0) is 33.5 Å². The predicted octanol–water partition coefficient (Wildman–Crippen LogP) is 4.12. The Morgan fingerprint density at radius 3 is 2.64 bits per heavy atom. The Morgan fingerprint density at radius 2 is 1.68 bits per heavy atom. The molecule has 0 amide bonds. The van der Waals surface area contributed by atoms with Crippen LogP contribution < -0.4 is 5.32 Å². The molecule has 0 unspecified atom stereocenters. The van der Waals surface area contributed by atoms with Gasteiger partial charge in [-0.1, -0.05) is 60.7 Å². The van der Waals surface area contributed by atoms with Crippen molar-refractivity contribution in [1.82, 2.24) is 5.32 Å². The molecule has 3 aromatic rings. The second-order valence-corrected chi connectivity index (χ2v) is 6.21. The summed E-state index contributed by atoms with van der Waals surface area (Å²) in [6, 6.07) is 24.0. The molecule has 22 heavy (non-hydrogen) atoms. The second-order valence-electron chi connectivity index (χ2n) is 6.21. The lowest BCUT2D eigenvalue weighted by molar-refractivity contribution is 0.0400. The van der Waals surface area contributed by atoms with Crippen molar-refractivity contribution in [3.8, 4) is 0 Å². The van der Waals surface area contributed by atoms with E-state index in [1.165, 1.54) is 27.5 Å². The van der Waals surface area contributed by atoms with Crippen LogP contribution in [0.2, 0.25) is 0 Å². The summed E-state index contributed by atoms with van der Waals surface area (Å²) in [5.74, 6) is 0. The molecule has 2 nitrogen and oxygen atoms in total. The average molecular weight is 287 g/mol. The van der Waals surface area contributed by atoms with Crippen molar-refractivity contribution in [2.75, 3.05) is 0 Å². The van der Waals surface area contributed by atoms with Gasteiger partial charge in [0.05, 0.1) is 12.1 Å². The highest BCUT2D eigenvalue weighted by Gasteiger charge is 2.41. The molecule has 1 N–H and O–H groups in total. The Labute approximate surface area is 129 Å². The van der Waals surface area contributed by atoms with Gasteiger partial charge in [-0.2, -0.15) is 0 Å². The monoisotopic (exact) mass is 287 g/mol. The third-order valence-corrected chi connectivity index (χ3v) is 4.90. The summed E-state index contributed by atoms with van der Waals surface area (Å²) in [6.07, 6.45) is 1.26. The third-order valence-electron chi connectivity index (χ3n) is 4.90. The summed E-state index contributed by atoms with van der Waals surface area (Å²) in [6.45, 7) is 0. The van der Waals surface area contributed by atoms with Crippen molar-refractivity contribution >= 4 is 10.8 Å². The van der Waals surface area contributed by atoms with Gasteiger partial charge in [-0.25, -0.2) is 0 Å². The zero-order valence-electron chi connectivity index (χ0n) is 12.2. The van der Waals surface area contributed by atoms with Crippen LogP contribution in [-0.4, -0.2) is 6.10 Å². The topological polar surface area (TPSA) is 21.3 Å². The fourth-order valence-corrected chi connectivity index (χ4v) is 3.80. The number of rotatable bonds is 1. The smallest absolute Gasteiger partial charge is 0.135 e. The number of benzene rings is 3. The van der Waals surface area contributed by atoms with Crippen LogP contribution in [-0.2, 0) is 11.2 Å². The van der Waals surface area contributed by atoms with Gasteiger partial charge in [0.15, 0.2) is 0 Å². The quantitative estimate of drug-likeness (QED) is 0.727. The van der Waals surface area contributed by atoms with Crippen LogP contribution >= 0.6 is 0 Å². The highest BCUT2D eigenvalue weighted by molar-refractivity contribution is 5.83. The molecule has 1 heterocycles. The molecule has 0 bridgehead atoms. The lowest BCUT2D eigenvalue weighted by Crippen LogP contribution is -2.19. The molecular formula is C20H17NO. The van der Waals surface area contributed by atoms with E-state index in [9.17, 15) is 0 Å². The van der Waals surface area contributed by atoms with E-state index in [0.29, 0.717) is 6.04 Å². The highest BCUT2D eigenvalue weighted by Crippen LogP contribution is 2.42. The summed E-state index contributed by atoms with van der Waals surface area (Å²) in [5, 5.41) is 6.21. The van der Waals surface area contributed by atoms with Crippen molar-refractivity contribution in [3.63, 3.8) is 0 Å².